The van der Waals surface area contributed by atoms with Gasteiger partial charge in [0.25, 0.3) is 0 Å². The monoisotopic (exact) mass is 250 g/mol. The molecule has 0 aliphatic rings. The summed E-state index contributed by atoms with van der Waals surface area (Å²) in [5.41, 5.74) is 1.53. The van der Waals surface area contributed by atoms with Crippen molar-refractivity contribution in [1.29, 1.82) is 0 Å². The third-order valence-corrected chi connectivity index (χ3v) is 2.44. The number of nitrogens with zero attached hydrogens (tertiary/aromatic N) is 3. The highest BCUT2D eigenvalue weighted by atomic mass is 19.4. The molecule has 98 valence electrons. The van der Waals surface area contributed by atoms with Crippen LogP contribution in [0.5, 0.6) is 0 Å². The van der Waals surface area contributed by atoms with Crippen LogP contribution in [0.25, 0.3) is 0 Å². The van der Waals surface area contributed by atoms with E-state index in [0.717, 1.165) is 11.3 Å². The summed E-state index contributed by atoms with van der Waals surface area (Å²) in [6.07, 6.45) is -4.22. The van der Waals surface area contributed by atoms with Crippen LogP contribution in [0.1, 0.15) is 11.3 Å². The van der Waals surface area contributed by atoms with E-state index in [-0.39, 0.29) is 0 Å². The van der Waals surface area contributed by atoms with Gasteiger partial charge in [-0.05, 0) is 14.0 Å². The highest BCUT2D eigenvalue weighted by Gasteiger charge is 2.31. The first-order valence-electron chi connectivity index (χ1n) is 5.21. The van der Waals surface area contributed by atoms with Crippen LogP contribution >= 0.6 is 0 Å². The van der Waals surface area contributed by atoms with E-state index < -0.39 is 12.7 Å². The third kappa shape index (κ3) is 3.36. The Morgan fingerprint density at radius 1 is 1.41 bits per heavy atom. The molecule has 0 saturated heterocycles. The zero-order chi connectivity index (χ0) is 13.2. The Labute approximate surface area is 98.4 Å². The molecule has 0 saturated carbocycles. The fraction of sp³-hybridized carbons (Fsp3) is 0.700. The summed E-state index contributed by atoms with van der Waals surface area (Å²) in [4.78, 5) is 1.17. The van der Waals surface area contributed by atoms with Crippen LogP contribution in [-0.2, 0) is 13.6 Å². The lowest BCUT2D eigenvalue weighted by molar-refractivity contribution is -0.119. The van der Waals surface area contributed by atoms with Gasteiger partial charge < -0.3 is 10.2 Å². The van der Waals surface area contributed by atoms with Crippen molar-refractivity contribution in [3.05, 3.63) is 11.3 Å². The maximum absolute atomic E-state index is 12.4. The first kappa shape index (κ1) is 13.8. The van der Waals surface area contributed by atoms with E-state index in [1.54, 1.807) is 21.0 Å². The number of anilines is 1. The van der Waals surface area contributed by atoms with Crippen LogP contribution < -0.4 is 10.2 Å². The second-order valence-corrected chi connectivity index (χ2v) is 4.01. The molecule has 1 N–H and O–H groups in total. The fourth-order valence-electron chi connectivity index (χ4n) is 1.89. The molecule has 4 nitrogen and oxygen atoms in total. The van der Waals surface area contributed by atoms with Crippen molar-refractivity contribution in [2.24, 2.45) is 7.05 Å². The summed E-state index contributed by atoms with van der Waals surface area (Å²) in [6.45, 7) is 1.30. The molecule has 1 aromatic rings. The molecule has 0 atom stereocenters. The smallest absolute Gasteiger partial charge is 0.351 e. The number of aryl methyl sites for hydroxylation is 2. The average molecular weight is 250 g/mol. The second kappa shape index (κ2) is 4.95. The molecule has 0 amide bonds. The molecule has 0 unspecified atom stereocenters. The molecule has 7 heteroatoms. The summed E-state index contributed by atoms with van der Waals surface area (Å²) in [5, 5.41) is 7.08. The standard InChI is InChI=1S/C10H17F3N4/c1-7-8(5-14-2)9(17(4)15-7)16(3)6-10(11,12)13/h14H,5-6H2,1-4H3. The Kier molecular flexibility index (Phi) is 4.03. The predicted molar refractivity (Wildman–Crippen MR) is 60.0 cm³/mol. The molecule has 0 aliphatic heterocycles. The van der Waals surface area contributed by atoms with Gasteiger partial charge in [-0.1, -0.05) is 0 Å². The van der Waals surface area contributed by atoms with E-state index in [2.05, 4.69) is 10.4 Å². The van der Waals surface area contributed by atoms with E-state index in [1.807, 2.05) is 0 Å². The molecule has 1 rings (SSSR count). The van der Waals surface area contributed by atoms with Gasteiger partial charge in [-0.25, -0.2) is 0 Å². The van der Waals surface area contributed by atoms with E-state index in [1.165, 1.54) is 16.6 Å². The Bertz CT molecular complexity index is 384. The van der Waals surface area contributed by atoms with Gasteiger partial charge in [-0.3, -0.25) is 4.68 Å². The van der Waals surface area contributed by atoms with Gasteiger partial charge in [-0.15, -0.1) is 0 Å². The number of alkyl halides is 3. The third-order valence-electron chi connectivity index (χ3n) is 2.44. The highest BCUT2D eigenvalue weighted by molar-refractivity contribution is 5.49. The van der Waals surface area contributed by atoms with Gasteiger partial charge in [0.05, 0.1) is 5.69 Å². The number of hydrogen-bond donors (Lipinski definition) is 1. The first-order valence-corrected chi connectivity index (χ1v) is 5.21. The predicted octanol–water partition coefficient (Wildman–Crippen LogP) is 1.45. The maximum Gasteiger partial charge on any atom is 0.405 e. The Hall–Kier alpha value is -1.24. The largest absolute Gasteiger partial charge is 0.405 e. The lowest BCUT2D eigenvalue weighted by atomic mass is 10.2. The molecule has 0 spiro atoms. The van der Waals surface area contributed by atoms with Gasteiger partial charge in [-0.2, -0.15) is 18.3 Å². The minimum atomic E-state index is -4.22. The Morgan fingerprint density at radius 3 is 2.47 bits per heavy atom. The summed E-state index contributed by atoms with van der Waals surface area (Å²) < 4.78 is 38.6. The van der Waals surface area contributed by atoms with Gasteiger partial charge in [0.2, 0.25) is 0 Å². The first-order chi connectivity index (χ1) is 7.76. The molecular weight excluding hydrogens is 233 g/mol. The summed E-state index contributed by atoms with van der Waals surface area (Å²) >= 11 is 0. The Morgan fingerprint density at radius 2 is 2.00 bits per heavy atom. The van der Waals surface area contributed by atoms with Gasteiger partial charge in [0, 0.05) is 26.2 Å². The fourth-order valence-corrected chi connectivity index (χ4v) is 1.89. The van der Waals surface area contributed by atoms with Crippen molar-refractivity contribution >= 4 is 5.82 Å². The van der Waals surface area contributed by atoms with E-state index in [0.29, 0.717) is 12.4 Å². The van der Waals surface area contributed by atoms with Crippen LogP contribution in [0, 0.1) is 6.92 Å². The van der Waals surface area contributed by atoms with Crippen molar-refractivity contribution in [2.45, 2.75) is 19.6 Å². The van der Waals surface area contributed by atoms with Gasteiger partial charge >= 0.3 is 6.18 Å². The zero-order valence-electron chi connectivity index (χ0n) is 10.4. The number of nitrogens with one attached hydrogen (secondary N) is 1. The number of hydrogen-bond acceptors (Lipinski definition) is 3. The SMILES string of the molecule is CNCc1c(C)nn(C)c1N(C)CC(F)(F)F. The molecule has 1 aromatic heterocycles. The van der Waals surface area contributed by atoms with Crippen LogP contribution in [0.3, 0.4) is 0 Å². The zero-order valence-corrected chi connectivity index (χ0v) is 10.4. The summed E-state index contributed by atoms with van der Waals surface area (Å²) in [6, 6.07) is 0. The lowest BCUT2D eigenvalue weighted by Gasteiger charge is -2.22. The van der Waals surface area contributed by atoms with Crippen molar-refractivity contribution in [3.63, 3.8) is 0 Å². The quantitative estimate of drug-likeness (QED) is 0.878. The normalized spacial score (nSPS) is 11.9. The summed E-state index contributed by atoms with van der Waals surface area (Å²) in [7, 11) is 4.82. The summed E-state index contributed by atoms with van der Waals surface area (Å²) in [5.74, 6) is 0.495. The number of halogens is 3. The topological polar surface area (TPSA) is 33.1 Å². The van der Waals surface area contributed by atoms with Crippen molar-refractivity contribution in [1.82, 2.24) is 15.1 Å². The van der Waals surface area contributed by atoms with Crippen molar-refractivity contribution < 1.29 is 13.2 Å². The van der Waals surface area contributed by atoms with Gasteiger partial charge in [0.1, 0.15) is 12.4 Å². The Balaban J connectivity index is 3.03. The molecule has 17 heavy (non-hydrogen) atoms. The molecule has 0 fully saturated rings. The maximum atomic E-state index is 12.4. The van der Waals surface area contributed by atoms with E-state index >= 15 is 0 Å². The highest BCUT2D eigenvalue weighted by Crippen LogP contribution is 2.25. The molecule has 1 heterocycles. The molecule has 0 radical (unpaired) electrons. The van der Waals surface area contributed by atoms with Crippen LogP contribution in [0.4, 0.5) is 19.0 Å². The van der Waals surface area contributed by atoms with Crippen LogP contribution in [0.2, 0.25) is 0 Å². The van der Waals surface area contributed by atoms with Crippen LogP contribution in [-0.4, -0.2) is 36.6 Å². The van der Waals surface area contributed by atoms with Gasteiger partial charge in [0.15, 0.2) is 0 Å². The molecular formula is C10H17F3N4. The average Bonchev–Trinajstić information content (AvgIpc) is 2.39. The van der Waals surface area contributed by atoms with E-state index in [9.17, 15) is 13.2 Å². The molecule has 0 bridgehead atoms. The number of aromatic nitrogens is 2. The lowest BCUT2D eigenvalue weighted by Crippen LogP contribution is -2.33. The van der Waals surface area contributed by atoms with E-state index in [4.69, 9.17) is 0 Å². The minimum Gasteiger partial charge on any atom is -0.351 e. The molecule has 0 aromatic carbocycles. The second-order valence-electron chi connectivity index (χ2n) is 4.01. The van der Waals surface area contributed by atoms with Crippen LogP contribution in [0.15, 0.2) is 0 Å². The van der Waals surface area contributed by atoms with Crippen molar-refractivity contribution in [2.75, 3.05) is 25.5 Å². The van der Waals surface area contributed by atoms with Crippen molar-refractivity contribution in [3.8, 4) is 0 Å². The molecule has 0 aliphatic carbocycles. The number of rotatable bonds is 4. The minimum absolute atomic E-state index is 0.495.